The van der Waals surface area contributed by atoms with Crippen LogP contribution in [0.2, 0.25) is 0 Å². The maximum Gasteiger partial charge on any atom is 0.324 e. The Kier molecular flexibility index (Phi) is 3.59. The van der Waals surface area contributed by atoms with Crippen LogP contribution in [-0.4, -0.2) is 40.9 Å². The van der Waals surface area contributed by atoms with E-state index in [-0.39, 0.29) is 24.5 Å². The van der Waals surface area contributed by atoms with Gasteiger partial charge in [0.05, 0.1) is 0 Å². The third-order valence-corrected chi connectivity index (χ3v) is 3.04. The number of amides is 3. The van der Waals surface area contributed by atoms with E-state index in [2.05, 4.69) is 12.2 Å². The summed E-state index contributed by atoms with van der Waals surface area (Å²) in [4.78, 5) is 23.6. The van der Waals surface area contributed by atoms with Gasteiger partial charge in [-0.3, -0.25) is 10.1 Å². The minimum Gasteiger partial charge on any atom is -0.312 e. The molecule has 4 nitrogen and oxygen atoms in total. The maximum absolute atomic E-state index is 11.2. The molecule has 0 aromatic rings. The number of rotatable bonds is 4. The van der Waals surface area contributed by atoms with Gasteiger partial charge in [-0.15, -0.1) is 0 Å². The molecule has 0 saturated carbocycles. The zero-order valence-electron chi connectivity index (χ0n) is 7.87. The highest BCUT2D eigenvalue weighted by atomic mass is 32.2. The Bertz CT molecular complexity index is 220. The average molecular weight is 202 g/mol. The van der Waals surface area contributed by atoms with Crippen LogP contribution in [0.15, 0.2) is 0 Å². The fourth-order valence-corrected chi connectivity index (χ4v) is 1.95. The first-order chi connectivity index (χ1) is 6.15. The summed E-state index contributed by atoms with van der Waals surface area (Å²) in [6.07, 6.45) is 0. The molecule has 0 aromatic heterocycles. The first kappa shape index (κ1) is 10.4. The molecular weight excluding hydrogens is 188 g/mol. The molecule has 3 amide bonds. The van der Waals surface area contributed by atoms with Crippen LogP contribution in [0.4, 0.5) is 4.79 Å². The van der Waals surface area contributed by atoms with Gasteiger partial charge in [-0.25, -0.2) is 4.79 Å². The monoisotopic (exact) mass is 202 g/mol. The van der Waals surface area contributed by atoms with Crippen molar-refractivity contribution in [3.05, 3.63) is 0 Å². The van der Waals surface area contributed by atoms with Gasteiger partial charge in [-0.2, -0.15) is 11.8 Å². The molecule has 1 atom stereocenters. The van der Waals surface area contributed by atoms with Crippen LogP contribution in [-0.2, 0) is 4.79 Å². The van der Waals surface area contributed by atoms with Crippen molar-refractivity contribution in [2.45, 2.75) is 19.9 Å². The Morgan fingerprint density at radius 3 is 2.77 bits per heavy atom. The number of hydrogen-bond donors (Lipinski definition) is 1. The summed E-state index contributed by atoms with van der Waals surface area (Å²) in [5.74, 6) is 1.73. The zero-order chi connectivity index (χ0) is 9.84. The smallest absolute Gasteiger partial charge is 0.312 e. The van der Waals surface area contributed by atoms with E-state index in [1.165, 1.54) is 0 Å². The van der Waals surface area contributed by atoms with Crippen LogP contribution in [0.5, 0.6) is 0 Å². The molecule has 1 heterocycles. The topological polar surface area (TPSA) is 49.4 Å². The minimum atomic E-state index is -0.255. The Balaban J connectivity index is 2.42. The summed E-state index contributed by atoms with van der Waals surface area (Å²) in [5.41, 5.74) is 0. The first-order valence-corrected chi connectivity index (χ1v) is 5.48. The minimum absolute atomic E-state index is 0.136. The van der Waals surface area contributed by atoms with Crippen molar-refractivity contribution in [1.29, 1.82) is 0 Å². The second-order valence-corrected chi connectivity index (χ2v) is 4.31. The SMILES string of the molecule is CCSCC(C)N1CC(=O)NC1=O. The molecule has 0 radical (unpaired) electrons. The number of hydrogen-bond acceptors (Lipinski definition) is 3. The molecule has 1 aliphatic heterocycles. The summed E-state index contributed by atoms with van der Waals surface area (Å²) in [5, 5.41) is 2.26. The lowest BCUT2D eigenvalue weighted by molar-refractivity contribution is -0.118. The predicted molar refractivity (Wildman–Crippen MR) is 52.7 cm³/mol. The third-order valence-electron chi connectivity index (χ3n) is 1.92. The fourth-order valence-electron chi connectivity index (χ4n) is 1.19. The van der Waals surface area contributed by atoms with E-state index in [0.29, 0.717) is 0 Å². The van der Waals surface area contributed by atoms with Gasteiger partial charge in [0.15, 0.2) is 0 Å². The van der Waals surface area contributed by atoms with Crippen molar-refractivity contribution in [3.8, 4) is 0 Å². The Hall–Kier alpha value is -0.710. The summed E-state index contributed by atoms with van der Waals surface area (Å²) in [6.45, 7) is 4.25. The molecule has 13 heavy (non-hydrogen) atoms. The van der Waals surface area contributed by atoms with Gasteiger partial charge in [0.25, 0.3) is 0 Å². The van der Waals surface area contributed by atoms with Gasteiger partial charge >= 0.3 is 6.03 Å². The lowest BCUT2D eigenvalue weighted by Crippen LogP contribution is -2.37. The number of nitrogens with one attached hydrogen (secondary N) is 1. The highest BCUT2D eigenvalue weighted by Crippen LogP contribution is 2.10. The Labute approximate surface area is 82.0 Å². The summed E-state index contributed by atoms with van der Waals surface area (Å²) >= 11 is 1.77. The number of thioether (sulfide) groups is 1. The van der Waals surface area contributed by atoms with E-state index in [1.54, 1.807) is 16.7 Å². The quantitative estimate of drug-likeness (QED) is 0.682. The number of imide groups is 1. The van der Waals surface area contributed by atoms with Crippen LogP contribution in [0.25, 0.3) is 0 Å². The Morgan fingerprint density at radius 1 is 1.62 bits per heavy atom. The molecule has 0 aliphatic carbocycles. The normalized spacial score (nSPS) is 19.1. The largest absolute Gasteiger partial charge is 0.324 e. The molecular formula is C8H14N2O2S. The molecule has 1 unspecified atom stereocenters. The molecule has 74 valence electrons. The van der Waals surface area contributed by atoms with Gasteiger partial charge in [-0.1, -0.05) is 6.92 Å². The molecule has 0 bridgehead atoms. The fraction of sp³-hybridized carbons (Fsp3) is 0.750. The van der Waals surface area contributed by atoms with Gasteiger partial charge in [0.1, 0.15) is 6.54 Å². The zero-order valence-corrected chi connectivity index (χ0v) is 8.69. The molecule has 5 heteroatoms. The second kappa shape index (κ2) is 4.50. The summed E-state index contributed by atoms with van der Waals surface area (Å²) in [6, 6.07) is -0.120. The van der Waals surface area contributed by atoms with E-state index in [0.717, 1.165) is 11.5 Å². The van der Waals surface area contributed by atoms with Gasteiger partial charge in [0.2, 0.25) is 5.91 Å². The highest BCUT2D eigenvalue weighted by molar-refractivity contribution is 7.99. The average Bonchev–Trinajstić information content (AvgIpc) is 2.41. The second-order valence-electron chi connectivity index (χ2n) is 2.99. The lowest BCUT2D eigenvalue weighted by Gasteiger charge is -2.21. The number of nitrogens with zero attached hydrogens (tertiary/aromatic N) is 1. The van der Waals surface area contributed by atoms with Crippen LogP contribution >= 0.6 is 11.8 Å². The predicted octanol–water partition coefficient (Wildman–Crippen LogP) is 0.680. The van der Waals surface area contributed by atoms with Gasteiger partial charge in [0, 0.05) is 11.8 Å². The first-order valence-electron chi connectivity index (χ1n) is 4.33. The maximum atomic E-state index is 11.2. The van der Waals surface area contributed by atoms with Crippen molar-refractivity contribution >= 4 is 23.7 Å². The van der Waals surface area contributed by atoms with E-state index >= 15 is 0 Å². The molecule has 0 aromatic carbocycles. The number of urea groups is 1. The molecule has 1 saturated heterocycles. The number of carbonyl (C=O) groups excluding carboxylic acids is 2. The van der Waals surface area contributed by atoms with Crippen molar-refractivity contribution in [1.82, 2.24) is 10.2 Å². The van der Waals surface area contributed by atoms with E-state index in [4.69, 9.17) is 0 Å². The lowest BCUT2D eigenvalue weighted by atomic mass is 10.3. The van der Waals surface area contributed by atoms with E-state index in [9.17, 15) is 9.59 Å². The van der Waals surface area contributed by atoms with Crippen LogP contribution in [0.1, 0.15) is 13.8 Å². The molecule has 1 aliphatic rings. The summed E-state index contributed by atoms with van der Waals surface area (Å²) in [7, 11) is 0. The number of carbonyl (C=O) groups is 2. The van der Waals surface area contributed by atoms with E-state index < -0.39 is 0 Å². The molecule has 1 N–H and O–H groups in total. The van der Waals surface area contributed by atoms with Crippen LogP contribution in [0.3, 0.4) is 0 Å². The van der Waals surface area contributed by atoms with Crippen LogP contribution < -0.4 is 5.32 Å². The van der Waals surface area contributed by atoms with Crippen LogP contribution in [0, 0.1) is 0 Å². The van der Waals surface area contributed by atoms with Gasteiger partial charge < -0.3 is 4.90 Å². The van der Waals surface area contributed by atoms with Gasteiger partial charge in [-0.05, 0) is 12.7 Å². The van der Waals surface area contributed by atoms with Crippen molar-refractivity contribution in [3.63, 3.8) is 0 Å². The molecule has 0 spiro atoms. The van der Waals surface area contributed by atoms with Crippen molar-refractivity contribution < 1.29 is 9.59 Å². The van der Waals surface area contributed by atoms with Crippen molar-refractivity contribution in [2.24, 2.45) is 0 Å². The molecule has 1 rings (SSSR count). The summed E-state index contributed by atoms with van der Waals surface area (Å²) < 4.78 is 0. The highest BCUT2D eigenvalue weighted by Gasteiger charge is 2.29. The standard InChI is InChI=1S/C8H14N2O2S/c1-3-13-5-6(2)10-4-7(11)9-8(10)12/h6H,3-5H2,1-2H3,(H,9,11,12). The van der Waals surface area contributed by atoms with E-state index in [1.807, 2.05) is 6.92 Å². The Morgan fingerprint density at radius 2 is 2.31 bits per heavy atom. The third kappa shape index (κ3) is 2.62. The van der Waals surface area contributed by atoms with Crippen molar-refractivity contribution in [2.75, 3.05) is 18.1 Å². The molecule has 1 fully saturated rings.